The zero-order valence-corrected chi connectivity index (χ0v) is 19.6. The Kier molecular flexibility index (Phi) is 8.07. The number of benzene rings is 1. The number of fused-ring (bicyclic) bond motifs is 2. The molecule has 0 fully saturated rings. The topological polar surface area (TPSA) is 109 Å². The van der Waals surface area contributed by atoms with Gasteiger partial charge in [-0.15, -0.1) is 5.47 Å². The summed E-state index contributed by atoms with van der Waals surface area (Å²) >= 11 is 0. The third-order valence-corrected chi connectivity index (χ3v) is 5.94. The van der Waals surface area contributed by atoms with Crippen LogP contribution in [0, 0.1) is 12.8 Å². The number of rotatable bonds is 4. The van der Waals surface area contributed by atoms with E-state index in [4.69, 9.17) is 41.4 Å². The molecule has 2 atom stereocenters. The summed E-state index contributed by atoms with van der Waals surface area (Å²) in [6, 6.07) is 3.51. The smallest absolute Gasteiger partial charge is 0.339 e. The van der Waals surface area contributed by atoms with Gasteiger partial charge in [0, 0.05) is 21.0 Å². The van der Waals surface area contributed by atoms with Crippen molar-refractivity contribution in [3.05, 3.63) is 86.4 Å². The molecule has 0 spiro atoms. The van der Waals surface area contributed by atoms with Crippen LogP contribution in [0.4, 0.5) is 0 Å². The van der Waals surface area contributed by atoms with Gasteiger partial charge in [0.25, 0.3) is 0 Å². The molecule has 4 rings (SSSR count). The van der Waals surface area contributed by atoms with E-state index in [1.807, 2.05) is 13.8 Å². The molecule has 1 aromatic rings. The van der Waals surface area contributed by atoms with E-state index in [0.717, 1.165) is 11.1 Å². The number of Topliss-reactive ketones (excluding diaryl/α,β-unsaturated/α-hetero) is 2. The number of ketones is 2. The molecule has 12 heteroatoms. The molecule has 0 heterocycles. The van der Waals surface area contributed by atoms with Gasteiger partial charge in [-0.1, -0.05) is 58.5 Å². The molecule has 0 bridgehead atoms. The van der Waals surface area contributed by atoms with Gasteiger partial charge in [0.05, 0.1) is 28.1 Å². The number of aryl methyl sites for hydroxylation is 1. The molecule has 0 aliphatic heterocycles. The number of carbonyl (C=O) groups excluding carboxylic acids is 2. The van der Waals surface area contributed by atoms with Crippen LogP contribution < -0.4 is 5.46 Å². The Morgan fingerprint density at radius 1 is 0.944 bits per heavy atom. The van der Waals surface area contributed by atoms with E-state index < -0.39 is 35.2 Å². The number of hydrogen-bond donors (Lipinski definition) is 2. The number of carboxylic acids is 2. The number of carbonyl (C=O) groups is 4. The van der Waals surface area contributed by atoms with Crippen LogP contribution in [0.3, 0.4) is 0 Å². The van der Waals surface area contributed by atoms with Crippen LogP contribution >= 0.6 is 0 Å². The van der Waals surface area contributed by atoms with Crippen molar-refractivity contribution in [2.75, 3.05) is 0 Å². The number of allylic oxidation sites excluding steroid dienone is 8. The lowest BCUT2D eigenvalue weighted by molar-refractivity contribution is -0.135. The summed E-state index contributed by atoms with van der Waals surface area (Å²) in [4.78, 5) is 46.3. The van der Waals surface area contributed by atoms with Crippen LogP contribution in [-0.4, -0.2) is 79.2 Å². The van der Waals surface area contributed by atoms with Crippen molar-refractivity contribution < 1.29 is 29.4 Å². The minimum absolute atomic E-state index is 0.288. The normalized spacial score (nSPS) is 20.4. The van der Waals surface area contributed by atoms with Gasteiger partial charge in [-0.3, -0.25) is 9.59 Å². The quantitative estimate of drug-likeness (QED) is 0.482. The largest absolute Gasteiger partial charge is 0.478 e. The van der Waals surface area contributed by atoms with E-state index in [1.54, 1.807) is 24.3 Å². The monoisotopic (exact) mass is 466 g/mol. The van der Waals surface area contributed by atoms with E-state index in [1.165, 1.54) is 26.5 Å². The van der Waals surface area contributed by atoms with Crippen LogP contribution in [0.5, 0.6) is 0 Å². The predicted octanol–water partition coefficient (Wildman–Crippen LogP) is 0.0753. The van der Waals surface area contributed by atoms with Crippen LogP contribution in [0.1, 0.15) is 34.2 Å². The summed E-state index contributed by atoms with van der Waals surface area (Å²) in [5, 5.41) is 18.0. The zero-order chi connectivity index (χ0) is 26.9. The SMILES string of the molecule is [B][B]C1=CC(C)=CC2=C([B])C=C(C(=O)O)C(=O)C12.[B][B]c1cc(C)cc2c1C(=O)C(C(=O)O)=CC2[B]. The molecule has 36 heavy (non-hydrogen) atoms. The molecule has 3 aliphatic carbocycles. The van der Waals surface area contributed by atoms with Crippen molar-refractivity contribution in [2.24, 2.45) is 5.92 Å². The Labute approximate surface area is 215 Å². The first-order valence-electron chi connectivity index (χ1n) is 10.8. The molecule has 0 amide bonds. The summed E-state index contributed by atoms with van der Waals surface area (Å²) in [6.07, 6.45) is 6.01. The van der Waals surface area contributed by atoms with Gasteiger partial charge >= 0.3 is 11.9 Å². The molecular formula is C24H16B6O6. The highest BCUT2D eigenvalue weighted by atomic mass is 16.4. The fourth-order valence-electron chi connectivity index (χ4n) is 4.36. The highest BCUT2D eigenvalue weighted by Crippen LogP contribution is 2.35. The third-order valence-electron chi connectivity index (χ3n) is 5.94. The van der Waals surface area contributed by atoms with Gasteiger partial charge in [-0.25, -0.2) is 9.59 Å². The molecule has 10 radical (unpaired) electrons. The maximum Gasteiger partial charge on any atom is 0.339 e. The second-order valence-electron chi connectivity index (χ2n) is 8.50. The van der Waals surface area contributed by atoms with Crippen molar-refractivity contribution in [3.63, 3.8) is 0 Å². The lowest BCUT2D eigenvalue weighted by atomic mass is 9.45. The van der Waals surface area contributed by atoms with Crippen molar-refractivity contribution in [3.8, 4) is 0 Å². The van der Waals surface area contributed by atoms with E-state index in [9.17, 15) is 19.2 Å². The Balaban J connectivity index is 0.000000201. The number of aliphatic carboxylic acids is 2. The Hall–Kier alpha value is -3.41. The van der Waals surface area contributed by atoms with E-state index in [2.05, 4.69) is 0 Å². The lowest BCUT2D eigenvalue weighted by Crippen LogP contribution is -2.31. The number of carboxylic acid groups (broad SMARTS) is 2. The number of hydrogen-bond acceptors (Lipinski definition) is 4. The molecule has 6 nitrogen and oxygen atoms in total. The van der Waals surface area contributed by atoms with E-state index in [0.29, 0.717) is 27.5 Å². The first kappa shape index (κ1) is 27.2. The highest BCUT2D eigenvalue weighted by Gasteiger charge is 2.35. The molecule has 0 saturated carbocycles. The molecule has 1 aromatic carbocycles. The molecule has 2 N–H and O–H groups in total. The summed E-state index contributed by atoms with van der Waals surface area (Å²) in [5.74, 6) is -4.88. The van der Waals surface area contributed by atoms with Gasteiger partial charge in [-0.05, 0) is 30.8 Å². The summed E-state index contributed by atoms with van der Waals surface area (Å²) in [5.41, 5.74) is 4.12. The Morgan fingerprint density at radius 2 is 1.58 bits per heavy atom. The van der Waals surface area contributed by atoms with Crippen molar-refractivity contribution >= 4 is 74.5 Å². The summed E-state index contributed by atoms with van der Waals surface area (Å²) in [6.45, 7) is 3.72. The fraction of sp³-hybridized carbons (Fsp3) is 0.167. The van der Waals surface area contributed by atoms with Crippen molar-refractivity contribution in [2.45, 2.75) is 19.7 Å². The molecule has 0 aromatic heterocycles. The highest BCUT2D eigenvalue weighted by molar-refractivity contribution is 6.98. The Morgan fingerprint density at radius 3 is 2.14 bits per heavy atom. The molecular weight excluding hydrogens is 449 g/mol. The van der Waals surface area contributed by atoms with Crippen LogP contribution in [0.25, 0.3) is 0 Å². The van der Waals surface area contributed by atoms with Gasteiger partial charge in [0.1, 0.15) is 19.0 Å². The molecule has 166 valence electrons. The van der Waals surface area contributed by atoms with E-state index >= 15 is 0 Å². The first-order valence-corrected chi connectivity index (χ1v) is 10.8. The van der Waals surface area contributed by atoms with Crippen LogP contribution in [-0.2, 0) is 14.4 Å². The van der Waals surface area contributed by atoms with Gasteiger partial charge in [0.15, 0.2) is 11.6 Å². The van der Waals surface area contributed by atoms with Crippen LogP contribution in [0.15, 0.2) is 69.7 Å². The Bertz CT molecular complexity index is 1350. The fourth-order valence-corrected chi connectivity index (χ4v) is 4.36. The van der Waals surface area contributed by atoms with Gasteiger partial charge < -0.3 is 10.2 Å². The second-order valence-corrected chi connectivity index (χ2v) is 8.50. The first-order chi connectivity index (χ1) is 16.9. The van der Waals surface area contributed by atoms with Crippen LogP contribution in [0.2, 0.25) is 0 Å². The predicted molar refractivity (Wildman–Crippen MR) is 141 cm³/mol. The van der Waals surface area contributed by atoms with E-state index in [-0.39, 0.29) is 16.7 Å². The van der Waals surface area contributed by atoms with Crippen molar-refractivity contribution in [1.82, 2.24) is 0 Å². The summed E-state index contributed by atoms with van der Waals surface area (Å²) in [7, 11) is 25.3. The minimum Gasteiger partial charge on any atom is -0.478 e. The molecule has 2 unspecified atom stereocenters. The standard InChI is InChI=1S/2C12H8B3O3/c2*1-5-2-6-8(13)4-7(12(17)18)11(16)10(6)9(3-5)15-14/h2-4,10H,1H3,(H,17,18);2-4,8H,1H3,(H,17,18). The maximum atomic E-state index is 12.1. The molecule has 3 aliphatic rings. The minimum atomic E-state index is -1.27. The third kappa shape index (κ3) is 5.08. The average Bonchev–Trinajstić information content (AvgIpc) is 2.82. The lowest BCUT2D eigenvalue weighted by Gasteiger charge is -2.29. The molecule has 0 saturated heterocycles. The maximum absolute atomic E-state index is 12.1. The zero-order valence-electron chi connectivity index (χ0n) is 19.6. The summed E-state index contributed by atoms with van der Waals surface area (Å²) < 4.78 is 0. The second kappa shape index (κ2) is 10.7. The van der Waals surface area contributed by atoms with Crippen molar-refractivity contribution in [1.29, 1.82) is 0 Å². The van der Waals surface area contributed by atoms with Gasteiger partial charge in [-0.2, -0.15) is 0 Å². The average molecular weight is 465 g/mol. The van der Waals surface area contributed by atoms with Gasteiger partial charge in [0.2, 0.25) is 0 Å².